The lowest BCUT2D eigenvalue weighted by atomic mass is 10.1. The van der Waals surface area contributed by atoms with Crippen molar-refractivity contribution in [1.82, 2.24) is 0 Å². The molecule has 0 radical (unpaired) electrons. The van der Waals surface area contributed by atoms with Crippen LogP contribution in [-0.2, 0) is 16.0 Å². The highest BCUT2D eigenvalue weighted by atomic mass is 16.5. The smallest absolute Gasteiger partial charge is 0.305 e. The zero-order valence-electron chi connectivity index (χ0n) is 14.0. The quantitative estimate of drug-likeness (QED) is 0.556. The lowest BCUT2D eigenvalue weighted by Gasteiger charge is -2.25. The van der Waals surface area contributed by atoms with Crippen LogP contribution >= 0.6 is 0 Å². The molecular weight excluding hydrogens is 286 g/mol. The van der Waals surface area contributed by atoms with Crippen molar-refractivity contribution in [3.05, 3.63) is 54.1 Å². The van der Waals surface area contributed by atoms with Gasteiger partial charge in [0.05, 0.1) is 6.61 Å². The van der Waals surface area contributed by atoms with Gasteiger partial charge in [-0.1, -0.05) is 48.9 Å². The third-order valence-electron chi connectivity index (χ3n) is 3.99. The van der Waals surface area contributed by atoms with Crippen molar-refractivity contribution in [3.8, 4) is 0 Å². The number of anilines is 1. The Bertz CT molecular complexity index is 548. The molecule has 1 heterocycles. The number of hydrogen-bond acceptors (Lipinski definition) is 3. The Kier molecular flexibility index (Phi) is 7.44. The van der Waals surface area contributed by atoms with E-state index in [1.807, 2.05) is 6.92 Å². The Labute approximate surface area is 139 Å². The number of carbonyl (C=O) groups is 1. The van der Waals surface area contributed by atoms with Crippen LogP contribution in [-0.4, -0.2) is 25.7 Å². The second-order valence-corrected chi connectivity index (χ2v) is 5.75. The number of nitrogens with zero attached hydrogens (tertiary/aromatic N) is 1. The molecule has 0 saturated heterocycles. The lowest BCUT2D eigenvalue weighted by molar-refractivity contribution is -0.143. The molecule has 0 spiro atoms. The molecule has 0 unspecified atom stereocenters. The first-order chi connectivity index (χ1) is 11.3. The number of ether oxygens (including phenoxy) is 1. The normalized spacial score (nSPS) is 16.7. The zero-order chi connectivity index (χ0) is 16.3. The number of unbranched alkanes of at least 4 members (excludes halogenated alkanes) is 2. The first kappa shape index (κ1) is 17.3. The third kappa shape index (κ3) is 5.93. The summed E-state index contributed by atoms with van der Waals surface area (Å²) in [6.07, 6.45) is 13.2. The SMILES string of the molecule is CCOC(=O)CCCCCN1C/C=C\C=C/Cc2ccccc21. The van der Waals surface area contributed by atoms with Crippen molar-refractivity contribution in [3.63, 3.8) is 0 Å². The van der Waals surface area contributed by atoms with E-state index in [-0.39, 0.29) is 5.97 Å². The Hall–Kier alpha value is -2.03. The maximum atomic E-state index is 11.3. The van der Waals surface area contributed by atoms with Crippen LogP contribution in [0.25, 0.3) is 0 Å². The number of hydrogen-bond donors (Lipinski definition) is 0. The zero-order valence-corrected chi connectivity index (χ0v) is 14.0. The highest BCUT2D eigenvalue weighted by molar-refractivity contribution is 5.69. The molecule has 0 fully saturated rings. The van der Waals surface area contributed by atoms with E-state index in [9.17, 15) is 4.79 Å². The topological polar surface area (TPSA) is 29.5 Å². The molecule has 0 N–H and O–H groups in total. The summed E-state index contributed by atoms with van der Waals surface area (Å²) in [5.41, 5.74) is 2.70. The van der Waals surface area contributed by atoms with Gasteiger partial charge in [-0.25, -0.2) is 0 Å². The molecule has 1 aliphatic heterocycles. The number of fused-ring (bicyclic) bond motifs is 1. The standard InChI is InChI=1S/C20H27NO2/c1-2-23-20(22)15-7-5-11-17-21-16-10-4-3-6-12-18-13-8-9-14-19(18)21/h3-4,6,8-10,13-14H,2,5,7,11-12,15-17H2,1H3/b6-3-,10-4-. The van der Waals surface area contributed by atoms with Crippen molar-refractivity contribution in [2.45, 2.75) is 39.0 Å². The average Bonchev–Trinajstić information content (AvgIpc) is 2.65. The molecule has 0 amide bonds. The first-order valence-electron chi connectivity index (χ1n) is 8.61. The van der Waals surface area contributed by atoms with Gasteiger partial charge in [-0.05, 0) is 37.8 Å². The largest absolute Gasteiger partial charge is 0.466 e. The first-order valence-corrected chi connectivity index (χ1v) is 8.61. The Morgan fingerprint density at radius 3 is 2.83 bits per heavy atom. The monoisotopic (exact) mass is 313 g/mol. The minimum atomic E-state index is -0.0744. The molecule has 23 heavy (non-hydrogen) atoms. The van der Waals surface area contributed by atoms with Gasteiger partial charge in [-0.15, -0.1) is 0 Å². The van der Waals surface area contributed by atoms with Gasteiger partial charge < -0.3 is 9.64 Å². The fourth-order valence-electron chi connectivity index (χ4n) is 2.82. The van der Waals surface area contributed by atoms with Crippen molar-refractivity contribution >= 4 is 11.7 Å². The minimum Gasteiger partial charge on any atom is -0.466 e. The second-order valence-electron chi connectivity index (χ2n) is 5.75. The van der Waals surface area contributed by atoms with E-state index < -0.39 is 0 Å². The van der Waals surface area contributed by atoms with Gasteiger partial charge in [0.2, 0.25) is 0 Å². The Morgan fingerprint density at radius 1 is 1.13 bits per heavy atom. The Morgan fingerprint density at radius 2 is 1.96 bits per heavy atom. The second kappa shape index (κ2) is 9.88. The summed E-state index contributed by atoms with van der Waals surface area (Å²) in [6.45, 7) is 4.27. The Balaban J connectivity index is 1.85. The molecule has 2 rings (SSSR count). The summed E-state index contributed by atoms with van der Waals surface area (Å²) >= 11 is 0. The number of carbonyl (C=O) groups excluding carboxylic acids is 1. The average molecular weight is 313 g/mol. The molecule has 124 valence electrons. The van der Waals surface area contributed by atoms with Crippen molar-refractivity contribution < 1.29 is 9.53 Å². The maximum Gasteiger partial charge on any atom is 0.305 e. The number of rotatable bonds is 7. The number of para-hydroxylation sites is 1. The van der Waals surface area contributed by atoms with Crippen LogP contribution in [0.4, 0.5) is 5.69 Å². The molecule has 0 bridgehead atoms. The van der Waals surface area contributed by atoms with Gasteiger partial charge in [0.1, 0.15) is 0 Å². The number of esters is 1. The molecular formula is C20H27NO2. The molecule has 0 aliphatic carbocycles. The maximum absolute atomic E-state index is 11.3. The minimum absolute atomic E-state index is 0.0744. The van der Waals surface area contributed by atoms with Gasteiger partial charge in [0.25, 0.3) is 0 Å². The summed E-state index contributed by atoms with van der Waals surface area (Å²) in [6, 6.07) is 8.63. The number of benzene rings is 1. The van der Waals surface area contributed by atoms with E-state index in [1.54, 1.807) is 0 Å². The van der Waals surface area contributed by atoms with Crippen LogP contribution in [0, 0.1) is 0 Å². The van der Waals surface area contributed by atoms with E-state index in [4.69, 9.17) is 4.74 Å². The van der Waals surface area contributed by atoms with E-state index in [1.165, 1.54) is 11.3 Å². The predicted molar refractivity (Wildman–Crippen MR) is 95.7 cm³/mol. The fourth-order valence-corrected chi connectivity index (χ4v) is 2.82. The highest BCUT2D eigenvalue weighted by Crippen LogP contribution is 2.23. The van der Waals surface area contributed by atoms with Crippen LogP contribution < -0.4 is 4.90 Å². The molecule has 1 aromatic rings. The highest BCUT2D eigenvalue weighted by Gasteiger charge is 2.10. The predicted octanol–water partition coefficient (Wildman–Crippen LogP) is 4.29. The van der Waals surface area contributed by atoms with Crippen LogP contribution in [0.5, 0.6) is 0 Å². The summed E-state index contributed by atoms with van der Waals surface area (Å²) in [5, 5.41) is 0. The molecule has 0 aromatic heterocycles. The summed E-state index contributed by atoms with van der Waals surface area (Å²) in [4.78, 5) is 13.8. The van der Waals surface area contributed by atoms with E-state index in [2.05, 4.69) is 53.5 Å². The molecule has 3 heteroatoms. The molecule has 0 saturated carbocycles. The fraction of sp³-hybridized carbons (Fsp3) is 0.450. The van der Waals surface area contributed by atoms with E-state index >= 15 is 0 Å². The molecule has 1 aliphatic rings. The van der Waals surface area contributed by atoms with Crippen molar-refractivity contribution in [2.75, 3.05) is 24.6 Å². The summed E-state index contributed by atoms with van der Waals surface area (Å²) in [5.74, 6) is -0.0744. The van der Waals surface area contributed by atoms with Gasteiger partial charge in [0.15, 0.2) is 0 Å². The van der Waals surface area contributed by atoms with Crippen LogP contribution in [0.2, 0.25) is 0 Å². The van der Waals surface area contributed by atoms with Gasteiger partial charge in [-0.2, -0.15) is 0 Å². The number of allylic oxidation sites excluding steroid dienone is 3. The molecule has 3 nitrogen and oxygen atoms in total. The van der Waals surface area contributed by atoms with Gasteiger partial charge in [-0.3, -0.25) is 4.79 Å². The van der Waals surface area contributed by atoms with Crippen molar-refractivity contribution in [1.29, 1.82) is 0 Å². The summed E-state index contributed by atoms with van der Waals surface area (Å²) in [7, 11) is 0. The van der Waals surface area contributed by atoms with Crippen LogP contribution in [0.3, 0.4) is 0 Å². The van der Waals surface area contributed by atoms with Gasteiger partial charge in [0, 0.05) is 25.2 Å². The van der Waals surface area contributed by atoms with E-state index in [0.717, 1.165) is 38.8 Å². The molecule has 0 atom stereocenters. The van der Waals surface area contributed by atoms with Crippen LogP contribution in [0.1, 0.15) is 38.2 Å². The lowest BCUT2D eigenvalue weighted by Crippen LogP contribution is -2.25. The molecule has 1 aromatic carbocycles. The summed E-state index contributed by atoms with van der Waals surface area (Å²) < 4.78 is 4.96. The van der Waals surface area contributed by atoms with Crippen molar-refractivity contribution in [2.24, 2.45) is 0 Å². The van der Waals surface area contributed by atoms with E-state index in [0.29, 0.717) is 13.0 Å². The third-order valence-corrected chi connectivity index (χ3v) is 3.99. The van der Waals surface area contributed by atoms with Gasteiger partial charge >= 0.3 is 5.97 Å². The van der Waals surface area contributed by atoms with Crippen LogP contribution in [0.15, 0.2) is 48.6 Å².